The van der Waals surface area contributed by atoms with Crippen LogP contribution in [0.15, 0.2) is 42.5 Å². The Balaban J connectivity index is 1.39. The molecule has 5 heteroatoms. The van der Waals surface area contributed by atoms with Crippen LogP contribution in [0.4, 0.5) is 5.69 Å². The zero-order chi connectivity index (χ0) is 21.3. The van der Waals surface area contributed by atoms with Crippen molar-refractivity contribution in [2.24, 2.45) is 0 Å². The Bertz CT molecular complexity index is 961. The summed E-state index contributed by atoms with van der Waals surface area (Å²) in [6, 6.07) is 13.7. The summed E-state index contributed by atoms with van der Waals surface area (Å²) in [6.45, 7) is 6.35. The summed E-state index contributed by atoms with van der Waals surface area (Å²) in [5.41, 5.74) is 4.03. The lowest BCUT2D eigenvalue weighted by Crippen LogP contribution is -2.44. The van der Waals surface area contributed by atoms with E-state index in [0.717, 1.165) is 28.8 Å². The maximum Gasteiger partial charge on any atom is 0.226 e. The average molecular weight is 407 g/mol. The zero-order valence-corrected chi connectivity index (χ0v) is 17.9. The van der Waals surface area contributed by atoms with Crippen molar-refractivity contribution in [2.75, 3.05) is 31.1 Å². The first-order valence-electron chi connectivity index (χ1n) is 10.9. The molecule has 0 spiro atoms. The minimum absolute atomic E-state index is 0.0967. The van der Waals surface area contributed by atoms with Crippen molar-refractivity contribution >= 4 is 17.4 Å². The number of hydrogen-bond acceptors (Lipinski definition) is 4. The summed E-state index contributed by atoms with van der Waals surface area (Å²) >= 11 is 0. The van der Waals surface area contributed by atoms with Gasteiger partial charge in [-0.25, -0.2) is 0 Å². The van der Waals surface area contributed by atoms with Crippen molar-refractivity contribution in [1.82, 2.24) is 4.90 Å². The number of hydrogen-bond donors (Lipinski definition) is 1. The Morgan fingerprint density at radius 2 is 1.80 bits per heavy atom. The van der Waals surface area contributed by atoms with Crippen molar-refractivity contribution in [3.63, 3.8) is 0 Å². The number of benzene rings is 2. The summed E-state index contributed by atoms with van der Waals surface area (Å²) < 4.78 is 0. The molecule has 0 aliphatic carbocycles. The number of likely N-dealkylation sites (tertiary alicyclic amines) is 1. The number of aryl methyl sites for hydroxylation is 1. The van der Waals surface area contributed by atoms with Gasteiger partial charge in [-0.15, -0.1) is 0 Å². The molecule has 0 unspecified atom stereocenters. The van der Waals surface area contributed by atoms with Gasteiger partial charge < -0.3 is 10.0 Å². The van der Waals surface area contributed by atoms with Gasteiger partial charge in [0.15, 0.2) is 5.78 Å². The van der Waals surface area contributed by atoms with Gasteiger partial charge in [0.2, 0.25) is 5.91 Å². The Kier molecular flexibility index (Phi) is 5.76. The number of rotatable bonds is 5. The molecular formula is C25H30N2O3. The van der Waals surface area contributed by atoms with E-state index in [4.69, 9.17) is 0 Å². The number of carbonyl (C=O) groups excluding carboxylic acids is 2. The largest absolute Gasteiger partial charge is 0.385 e. The number of anilines is 1. The highest BCUT2D eigenvalue weighted by atomic mass is 16.3. The number of aliphatic hydroxyl groups is 1. The molecule has 1 saturated heterocycles. The summed E-state index contributed by atoms with van der Waals surface area (Å²) in [6.07, 6.45) is 2.55. The quantitative estimate of drug-likeness (QED) is 0.773. The second-order valence-electron chi connectivity index (χ2n) is 8.54. The topological polar surface area (TPSA) is 60.9 Å². The number of amides is 1. The van der Waals surface area contributed by atoms with Crippen molar-refractivity contribution in [1.29, 1.82) is 0 Å². The van der Waals surface area contributed by atoms with Crippen LogP contribution in [0.3, 0.4) is 0 Å². The van der Waals surface area contributed by atoms with Crippen LogP contribution in [-0.4, -0.2) is 47.9 Å². The first-order valence-corrected chi connectivity index (χ1v) is 10.9. The molecule has 2 aromatic rings. The minimum Gasteiger partial charge on any atom is -0.385 e. The molecular weight excluding hydrogens is 376 g/mol. The number of piperidine rings is 1. The van der Waals surface area contributed by atoms with E-state index in [2.05, 4.69) is 4.90 Å². The summed E-state index contributed by atoms with van der Waals surface area (Å²) in [7, 11) is 0. The van der Waals surface area contributed by atoms with E-state index < -0.39 is 5.60 Å². The van der Waals surface area contributed by atoms with Crippen LogP contribution in [0.1, 0.15) is 53.2 Å². The summed E-state index contributed by atoms with van der Waals surface area (Å²) in [5.74, 6) is 0.224. The van der Waals surface area contributed by atoms with Gasteiger partial charge in [-0.05, 0) is 61.1 Å². The number of Topliss-reactive ketones (excluding diaryl/α,β-unsaturated/α-hetero) is 1. The number of ketones is 1. The lowest BCUT2D eigenvalue weighted by atomic mass is 9.82. The molecule has 1 amide bonds. The fourth-order valence-corrected chi connectivity index (χ4v) is 4.76. The molecule has 0 atom stereocenters. The van der Waals surface area contributed by atoms with Gasteiger partial charge in [0.1, 0.15) is 0 Å². The predicted octanol–water partition coefficient (Wildman–Crippen LogP) is 3.46. The van der Waals surface area contributed by atoms with Gasteiger partial charge in [0.25, 0.3) is 0 Å². The second-order valence-corrected chi connectivity index (χ2v) is 8.54. The van der Waals surface area contributed by atoms with Crippen LogP contribution >= 0.6 is 0 Å². The monoisotopic (exact) mass is 406 g/mol. The van der Waals surface area contributed by atoms with Gasteiger partial charge in [-0.1, -0.05) is 31.2 Å². The Labute approximate surface area is 178 Å². The molecule has 1 fully saturated rings. The smallest absolute Gasteiger partial charge is 0.226 e. The molecule has 2 aliphatic rings. The van der Waals surface area contributed by atoms with E-state index in [1.807, 2.05) is 61.2 Å². The molecule has 0 bridgehead atoms. The summed E-state index contributed by atoms with van der Waals surface area (Å²) in [4.78, 5) is 28.9. The minimum atomic E-state index is -0.812. The first kappa shape index (κ1) is 20.8. The maximum atomic E-state index is 12.9. The predicted molar refractivity (Wildman–Crippen MR) is 118 cm³/mol. The molecule has 0 radical (unpaired) electrons. The van der Waals surface area contributed by atoms with E-state index in [0.29, 0.717) is 51.0 Å². The van der Waals surface area contributed by atoms with Crippen LogP contribution in [0.2, 0.25) is 0 Å². The molecule has 0 aromatic heterocycles. The van der Waals surface area contributed by atoms with E-state index >= 15 is 0 Å². The number of carbonyl (C=O) groups is 2. The Morgan fingerprint density at radius 3 is 2.50 bits per heavy atom. The SMILES string of the molecule is CCC(=O)N1CCc2cc(C(=O)CN3CCC(O)(c4ccccc4C)CC3)ccc21. The van der Waals surface area contributed by atoms with Crippen molar-refractivity contribution in [3.8, 4) is 0 Å². The highest BCUT2D eigenvalue weighted by Gasteiger charge is 2.35. The summed E-state index contributed by atoms with van der Waals surface area (Å²) in [5, 5.41) is 11.1. The maximum absolute atomic E-state index is 12.9. The first-order chi connectivity index (χ1) is 14.4. The highest BCUT2D eigenvalue weighted by molar-refractivity contribution is 6.00. The van der Waals surface area contributed by atoms with Gasteiger partial charge in [0, 0.05) is 37.3 Å². The average Bonchev–Trinajstić information content (AvgIpc) is 3.18. The van der Waals surface area contributed by atoms with Crippen LogP contribution in [0.5, 0.6) is 0 Å². The highest BCUT2D eigenvalue weighted by Crippen LogP contribution is 2.35. The van der Waals surface area contributed by atoms with E-state index in [1.54, 1.807) is 0 Å². The zero-order valence-electron chi connectivity index (χ0n) is 17.9. The fourth-order valence-electron chi connectivity index (χ4n) is 4.76. The molecule has 158 valence electrons. The standard InChI is InChI=1S/C25H30N2O3/c1-3-24(29)27-13-10-19-16-20(8-9-22(19)27)23(28)17-26-14-11-25(30,12-15-26)21-7-5-4-6-18(21)2/h4-9,16,30H,3,10-15,17H2,1-2H3. The van der Waals surface area contributed by atoms with Gasteiger partial charge >= 0.3 is 0 Å². The van der Waals surface area contributed by atoms with Crippen LogP contribution in [0.25, 0.3) is 0 Å². The molecule has 2 heterocycles. The lowest BCUT2D eigenvalue weighted by Gasteiger charge is -2.39. The van der Waals surface area contributed by atoms with Crippen molar-refractivity contribution in [2.45, 2.75) is 45.1 Å². The number of nitrogens with zero attached hydrogens (tertiary/aromatic N) is 2. The van der Waals surface area contributed by atoms with Crippen LogP contribution in [-0.2, 0) is 16.8 Å². The van der Waals surface area contributed by atoms with Crippen LogP contribution in [0, 0.1) is 6.92 Å². The Morgan fingerprint density at radius 1 is 1.07 bits per heavy atom. The fraction of sp³-hybridized carbons (Fsp3) is 0.440. The van der Waals surface area contributed by atoms with Gasteiger partial charge in [-0.3, -0.25) is 14.5 Å². The molecule has 0 saturated carbocycles. The molecule has 4 rings (SSSR count). The Hall–Kier alpha value is -2.50. The van der Waals surface area contributed by atoms with E-state index in [9.17, 15) is 14.7 Å². The van der Waals surface area contributed by atoms with E-state index in [-0.39, 0.29) is 11.7 Å². The van der Waals surface area contributed by atoms with Gasteiger partial charge in [0.05, 0.1) is 12.1 Å². The molecule has 2 aromatic carbocycles. The third-order valence-corrected chi connectivity index (χ3v) is 6.60. The molecule has 5 nitrogen and oxygen atoms in total. The van der Waals surface area contributed by atoms with E-state index in [1.165, 1.54) is 0 Å². The molecule has 30 heavy (non-hydrogen) atoms. The lowest BCUT2D eigenvalue weighted by molar-refractivity contribution is -0.118. The van der Waals surface area contributed by atoms with Crippen LogP contribution < -0.4 is 4.90 Å². The van der Waals surface area contributed by atoms with Gasteiger partial charge in [-0.2, -0.15) is 0 Å². The van der Waals surface area contributed by atoms with Crippen molar-refractivity contribution in [3.05, 3.63) is 64.7 Å². The third kappa shape index (κ3) is 3.92. The number of fused-ring (bicyclic) bond motifs is 1. The normalized spacial score (nSPS) is 18.3. The van der Waals surface area contributed by atoms with Crippen molar-refractivity contribution < 1.29 is 14.7 Å². The molecule has 1 N–H and O–H groups in total. The molecule has 2 aliphatic heterocycles. The second kappa shape index (κ2) is 8.32. The third-order valence-electron chi connectivity index (χ3n) is 6.60.